The second-order valence-electron chi connectivity index (χ2n) is 3.18. The molecule has 0 saturated carbocycles. The molecule has 0 aromatic rings. The molecule has 0 aliphatic rings. The Kier molecular flexibility index (Phi) is 5.37. The second-order valence-corrected chi connectivity index (χ2v) is 3.18. The van der Waals surface area contributed by atoms with Crippen molar-refractivity contribution in [3.05, 3.63) is 23.8 Å². The molecule has 0 aromatic heterocycles. The Labute approximate surface area is 89.6 Å². The van der Waals surface area contributed by atoms with Crippen molar-refractivity contribution in [2.24, 2.45) is 5.92 Å². The predicted molar refractivity (Wildman–Crippen MR) is 56.1 cm³/mol. The van der Waals surface area contributed by atoms with E-state index in [0.717, 1.165) is 11.6 Å². The molecule has 0 saturated heterocycles. The van der Waals surface area contributed by atoms with E-state index in [1.165, 1.54) is 14.2 Å². The van der Waals surface area contributed by atoms with E-state index in [2.05, 4.69) is 16.1 Å². The first kappa shape index (κ1) is 13.4. The number of hydrogen-bond donors (Lipinski definition) is 0. The van der Waals surface area contributed by atoms with Gasteiger partial charge in [-0.25, -0.2) is 9.59 Å². The SMILES string of the molecule is C=C(C)C(C)/C(=C/C(=O)OC)C(=O)OC. The van der Waals surface area contributed by atoms with Gasteiger partial charge in [0.1, 0.15) is 0 Å². The van der Waals surface area contributed by atoms with Crippen LogP contribution in [0.4, 0.5) is 0 Å². The first-order valence-corrected chi connectivity index (χ1v) is 4.47. The fourth-order valence-corrected chi connectivity index (χ4v) is 0.930. The normalized spacial score (nSPS) is 12.9. The lowest BCUT2D eigenvalue weighted by Crippen LogP contribution is -2.15. The van der Waals surface area contributed by atoms with Crippen LogP contribution < -0.4 is 0 Å². The van der Waals surface area contributed by atoms with Crippen LogP contribution in [0.1, 0.15) is 13.8 Å². The van der Waals surface area contributed by atoms with Crippen molar-refractivity contribution in [2.75, 3.05) is 14.2 Å². The lowest BCUT2D eigenvalue weighted by Gasteiger charge is -2.13. The zero-order valence-electron chi connectivity index (χ0n) is 9.49. The lowest BCUT2D eigenvalue weighted by molar-refractivity contribution is -0.138. The van der Waals surface area contributed by atoms with E-state index in [1.807, 2.05) is 0 Å². The Bertz CT molecular complexity index is 302. The Morgan fingerprint density at radius 2 is 1.80 bits per heavy atom. The van der Waals surface area contributed by atoms with Crippen molar-refractivity contribution in [3.63, 3.8) is 0 Å². The van der Waals surface area contributed by atoms with Gasteiger partial charge in [-0.05, 0) is 6.92 Å². The average molecular weight is 212 g/mol. The van der Waals surface area contributed by atoms with Gasteiger partial charge in [0.15, 0.2) is 0 Å². The third-order valence-electron chi connectivity index (χ3n) is 2.10. The maximum atomic E-state index is 11.4. The molecule has 1 atom stereocenters. The van der Waals surface area contributed by atoms with Crippen molar-refractivity contribution >= 4 is 11.9 Å². The van der Waals surface area contributed by atoms with Crippen LogP contribution in [-0.2, 0) is 19.1 Å². The highest BCUT2D eigenvalue weighted by Gasteiger charge is 2.19. The highest BCUT2D eigenvalue weighted by atomic mass is 16.5. The first-order valence-electron chi connectivity index (χ1n) is 4.47. The number of carbonyl (C=O) groups excluding carboxylic acids is 2. The van der Waals surface area contributed by atoms with Crippen LogP contribution in [-0.4, -0.2) is 26.2 Å². The summed E-state index contributed by atoms with van der Waals surface area (Å²) in [5.74, 6) is -1.36. The van der Waals surface area contributed by atoms with Gasteiger partial charge in [0.2, 0.25) is 0 Å². The minimum Gasteiger partial charge on any atom is -0.466 e. The molecule has 4 heteroatoms. The van der Waals surface area contributed by atoms with Gasteiger partial charge in [-0.1, -0.05) is 19.1 Å². The van der Waals surface area contributed by atoms with E-state index in [9.17, 15) is 9.59 Å². The van der Waals surface area contributed by atoms with Crippen molar-refractivity contribution in [1.29, 1.82) is 0 Å². The number of ether oxygens (including phenoxy) is 2. The Balaban J connectivity index is 5.05. The molecule has 0 heterocycles. The van der Waals surface area contributed by atoms with E-state index < -0.39 is 11.9 Å². The molecule has 0 radical (unpaired) electrons. The van der Waals surface area contributed by atoms with Crippen molar-refractivity contribution in [3.8, 4) is 0 Å². The molecule has 0 bridgehead atoms. The van der Waals surface area contributed by atoms with Crippen molar-refractivity contribution < 1.29 is 19.1 Å². The summed E-state index contributed by atoms with van der Waals surface area (Å²) >= 11 is 0. The summed E-state index contributed by atoms with van der Waals surface area (Å²) in [7, 11) is 2.51. The van der Waals surface area contributed by atoms with Gasteiger partial charge >= 0.3 is 11.9 Å². The fourth-order valence-electron chi connectivity index (χ4n) is 0.930. The number of hydrogen-bond acceptors (Lipinski definition) is 4. The molecule has 84 valence electrons. The van der Waals surface area contributed by atoms with Crippen LogP contribution in [0.3, 0.4) is 0 Å². The van der Waals surface area contributed by atoms with Gasteiger partial charge in [-0.15, -0.1) is 0 Å². The average Bonchev–Trinajstić information content (AvgIpc) is 2.23. The molecular weight excluding hydrogens is 196 g/mol. The predicted octanol–water partition coefficient (Wildman–Crippen LogP) is 1.47. The molecule has 0 N–H and O–H groups in total. The fraction of sp³-hybridized carbons (Fsp3) is 0.455. The third kappa shape index (κ3) is 3.97. The zero-order valence-corrected chi connectivity index (χ0v) is 9.49. The number of carbonyl (C=O) groups is 2. The molecule has 0 spiro atoms. The van der Waals surface area contributed by atoms with Crippen LogP contribution in [0.2, 0.25) is 0 Å². The molecular formula is C11H16O4. The Morgan fingerprint density at radius 3 is 2.13 bits per heavy atom. The minimum atomic E-state index is -0.580. The lowest BCUT2D eigenvalue weighted by atomic mass is 9.94. The molecule has 15 heavy (non-hydrogen) atoms. The van der Waals surface area contributed by atoms with Gasteiger partial charge < -0.3 is 9.47 Å². The summed E-state index contributed by atoms with van der Waals surface area (Å²) in [5.41, 5.74) is 1.02. The number of allylic oxidation sites excluding steroid dienone is 1. The highest BCUT2D eigenvalue weighted by molar-refractivity contribution is 5.97. The molecule has 0 aliphatic carbocycles. The topological polar surface area (TPSA) is 52.6 Å². The summed E-state index contributed by atoms with van der Waals surface area (Å²) in [6.07, 6.45) is 1.13. The van der Waals surface area contributed by atoms with E-state index in [4.69, 9.17) is 0 Å². The van der Waals surface area contributed by atoms with Gasteiger partial charge in [0.05, 0.1) is 19.8 Å². The number of methoxy groups -OCH3 is 2. The molecule has 0 amide bonds. The summed E-state index contributed by atoms with van der Waals surface area (Å²) < 4.78 is 9.03. The van der Waals surface area contributed by atoms with Gasteiger partial charge in [0.25, 0.3) is 0 Å². The molecule has 0 fully saturated rings. The molecule has 1 unspecified atom stereocenters. The quantitative estimate of drug-likeness (QED) is 0.402. The molecule has 0 rings (SSSR count). The molecule has 4 nitrogen and oxygen atoms in total. The van der Waals surface area contributed by atoms with Gasteiger partial charge in [-0.2, -0.15) is 0 Å². The van der Waals surface area contributed by atoms with Crippen LogP contribution in [0.25, 0.3) is 0 Å². The molecule has 0 aliphatic heterocycles. The van der Waals surface area contributed by atoms with Crippen LogP contribution >= 0.6 is 0 Å². The van der Waals surface area contributed by atoms with E-state index in [0.29, 0.717) is 0 Å². The Morgan fingerprint density at radius 1 is 1.27 bits per heavy atom. The van der Waals surface area contributed by atoms with Crippen molar-refractivity contribution in [1.82, 2.24) is 0 Å². The monoisotopic (exact) mass is 212 g/mol. The maximum absolute atomic E-state index is 11.4. The standard InChI is InChI=1S/C11H16O4/c1-7(2)8(3)9(11(13)15-5)6-10(12)14-4/h6,8H,1H2,2-5H3/b9-6-. The summed E-state index contributed by atoms with van der Waals surface area (Å²) in [6.45, 7) is 7.27. The van der Waals surface area contributed by atoms with Crippen LogP contribution in [0.15, 0.2) is 23.8 Å². The second kappa shape index (κ2) is 6.01. The van der Waals surface area contributed by atoms with Crippen LogP contribution in [0, 0.1) is 5.92 Å². The van der Waals surface area contributed by atoms with E-state index >= 15 is 0 Å². The minimum absolute atomic E-state index is 0.239. The first-order chi connectivity index (χ1) is 6.93. The van der Waals surface area contributed by atoms with Gasteiger partial charge in [0, 0.05) is 12.0 Å². The highest BCUT2D eigenvalue weighted by Crippen LogP contribution is 2.19. The third-order valence-corrected chi connectivity index (χ3v) is 2.10. The zero-order chi connectivity index (χ0) is 12.0. The largest absolute Gasteiger partial charge is 0.466 e. The molecule has 0 aromatic carbocycles. The smallest absolute Gasteiger partial charge is 0.334 e. The van der Waals surface area contributed by atoms with E-state index in [-0.39, 0.29) is 11.5 Å². The van der Waals surface area contributed by atoms with Gasteiger partial charge in [-0.3, -0.25) is 0 Å². The Hall–Kier alpha value is -1.58. The number of rotatable bonds is 4. The summed E-state index contributed by atoms with van der Waals surface area (Å²) in [5, 5.41) is 0. The summed E-state index contributed by atoms with van der Waals surface area (Å²) in [4.78, 5) is 22.4. The summed E-state index contributed by atoms with van der Waals surface area (Å²) in [6, 6.07) is 0. The van der Waals surface area contributed by atoms with E-state index in [1.54, 1.807) is 13.8 Å². The number of esters is 2. The van der Waals surface area contributed by atoms with Crippen LogP contribution in [0.5, 0.6) is 0 Å². The van der Waals surface area contributed by atoms with Crippen molar-refractivity contribution in [2.45, 2.75) is 13.8 Å². The maximum Gasteiger partial charge on any atom is 0.334 e.